The molecule has 0 aliphatic rings. The van der Waals surface area contributed by atoms with E-state index in [1.807, 2.05) is 55.5 Å². The highest BCUT2D eigenvalue weighted by Crippen LogP contribution is 2.26. The number of ether oxygens (including phenoxy) is 1. The summed E-state index contributed by atoms with van der Waals surface area (Å²) < 4.78 is 5.26. The number of carbonyl (C=O) groups excluding carboxylic acids is 1. The first kappa shape index (κ1) is 17.0. The van der Waals surface area contributed by atoms with E-state index in [0.717, 1.165) is 27.9 Å². The number of aromatic nitrogens is 1. The summed E-state index contributed by atoms with van der Waals surface area (Å²) in [5, 5.41) is 3.91. The van der Waals surface area contributed by atoms with Crippen LogP contribution in [0.2, 0.25) is 0 Å². The van der Waals surface area contributed by atoms with Crippen molar-refractivity contribution < 1.29 is 9.53 Å². The predicted octanol–water partition coefficient (Wildman–Crippen LogP) is 4.93. The Morgan fingerprint density at radius 3 is 2.60 bits per heavy atom. The molecule has 0 unspecified atom stereocenters. The van der Waals surface area contributed by atoms with E-state index in [1.54, 1.807) is 7.11 Å². The van der Waals surface area contributed by atoms with Gasteiger partial charge in [0.2, 0.25) is 0 Å². The summed E-state index contributed by atoms with van der Waals surface area (Å²) in [6.45, 7) is 6.08. The van der Waals surface area contributed by atoms with E-state index >= 15 is 0 Å². The molecule has 0 aliphatic heterocycles. The molecule has 0 saturated carbocycles. The normalized spacial score (nSPS) is 10.9. The summed E-state index contributed by atoms with van der Waals surface area (Å²) in [5.74, 6) is 0.925. The van der Waals surface area contributed by atoms with Crippen molar-refractivity contribution in [2.75, 3.05) is 12.4 Å². The number of benzene rings is 2. The lowest BCUT2D eigenvalue weighted by Crippen LogP contribution is -2.15. The number of nitrogens with one attached hydrogen (secondary N) is 1. The first-order valence-electron chi connectivity index (χ1n) is 8.35. The zero-order valence-electron chi connectivity index (χ0n) is 15.0. The van der Waals surface area contributed by atoms with Gasteiger partial charge in [-0.1, -0.05) is 32.0 Å². The van der Waals surface area contributed by atoms with Gasteiger partial charge in [0.15, 0.2) is 0 Å². The van der Waals surface area contributed by atoms with Crippen LogP contribution >= 0.6 is 0 Å². The Morgan fingerprint density at radius 2 is 1.88 bits per heavy atom. The molecule has 4 heteroatoms. The Kier molecular flexibility index (Phi) is 4.70. The molecule has 1 heterocycles. The Morgan fingerprint density at radius 1 is 1.12 bits per heavy atom. The van der Waals surface area contributed by atoms with E-state index in [2.05, 4.69) is 24.1 Å². The number of nitrogens with zero attached hydrogens (tertiary/aromatic N) is 1. The van der Waals surface area contributed by atoms with Crippen LogP contribution in [-0.2, 0) is 0 Å². The topological polar surface area (TPSA) is 51.2 Å². The lowest BCUT2D eigenvalue weighted by molar-refractivity contribution is 0.102. The molecule has 0 saturated heterocycles. The lowest BCUT2D eigenvalue weighted by Gasteiger charge is -2.14. The third kappa shape index (κ3) is 3.48. The van der Waals surface area contributed by atoms with Gasteiger partial charge in [0, 0.05) is 11.1 Å². The zero-order valence-corrected chi connectivity index (χ0v) is 15.0. The van der Waals surface area contributed by atoms with Crippen molar-refractivity contribution in [3.8, 4) is 5.75 Å². The fourth-order valence-corrected chi connectivity index (χ4v) is 2.91. The summed E-state index contributed by atoms with van der Waals surface area (Å²) in [7, 11) is 1.62. The molecular weight excluding hydrogens is 312 g/mol. The van der Waals surface area contributed by atoms with E-state index < -0.39 is 0 Å². The molecule has 4 nitrogen and oxygen atoms in total. The van der Waals surface area contributed by atoms with Crippen LogP contribution < -0.4 is 10.1 Å². The second-order valence-corrected chi connectivity index (χ2v) is 6.38. The van der Waals surface area contributed by atoms with Crippen molar-refractivity contribution in [2.45, 2.75) is 26.7 Å². The first-order chi connectivity index (χ1) is 12.0. The molecule has 0 atom stereocenters. The van der Waals surface area contributed by atoms with Gasteiger partial charge in [0.1, 0.15) is 5.75 Å². The minimum Gasteiger partial charge on any atom is -0.497 e. The fourth-order valence-electron chi connectivity index (χ4n) is 2.91. The van der Waals surface area contributed by atoms with Gasteiger partial charge in [0.25, 0.3) is 5.91 Å². The molecule has 0 fully saturated rings. The molecule has 128 valence electrons. The predicted molar refractivity (Wildman–Crippen MR) is 102 cm³/mol. The maximum absolute atomic E-state index is 12.8. The van der Waals surface area contributed by atoms with E-state index in [-0.39, 0.29) is 5.91 Å². The molecule has 3 aromatic rings. The van der Waals surface area contributed by atoms with Crippen molar-refractivity contribution in [3.05, 3.63) is 65.4 Å². The van der Waals surface area contributed by atoms with Gasteiger partial charge in [-0.05, 0) is 48.7 Å². The summed E-state index contributed by atoms with van der Waals surface area (Å²) >= 11 is 0. The van der Waals surface area contributed by atoms with Gasteiger partial charge >= 0.3 is 0 Å². The molecular formula is C21H22N2O2. The van der Waals surface area contributed by atoms with Crippen LogP contribution in [0.5, 0.6) is 5.75 Å². The quantitative estimate of drug-likeness (QED) is 0.736. The number of para-hydroxylation sites is 1. The van der Waals surface area contributed by atoms with E-state index in [1.165, 1.54) is 0 Å². The van der Waals surface area contributed by atoms with Crippen LogP contribution in [0.1, 0.15) is 41.4 Å². The van der Waals surface area contributed by atoms with Gasteiger partial charge < -0.3 is 10.1 Å². The number of hydrogen-bond donors (Lipinski definition) is 1. The maximum Gasteiger partial charge on any atom is 0.257 e. The largest absolute Gasteiger partial charge is 0.497 e. The molecule has 1 N–H and O–H groups in total. The highest BCUT2D eigenvalue weighted by Gasteiger charge is 2.15. The molecule has 1 aromatic heterocycles. The SMILES string of the molecule is COc1ccc2nc(C)c(C(=O)Nc3ccccc3C(C)C)cc2c1. The average Bonchev–Trinajstić information content (AvgIpc) is 2.61. The van der Waals surface area contributed by atoms with Crippen molar-refractivity contribution >= 4 is 22.5 Å². The number of fused-ring (bicyclic) bond motifs is 1. The second-order valence-electron chi connectivity index (χ2n) is 6.38. The number of aryl methyl sites for hydroxylation is 1. The number of pyridine rings is 1. The summed E-state index contributed by atoms with van der Waals surface area (Å²) in [6, 6.07) is 15.4. The zero-order chi connectivity index (χ0) is 18.0. The third-order valence-corrected chi connectivity index (χ3v) is 4.29. The van der Waals surface area contributed by atoms with Crippen molar-refractivity contribution in [1.82, 2.24) is 4.98 Å². The van der Waals surface area contributed by atoms with Gasteiger partial charge in [-0.2, -0.15) is 0 Å². The lowest BCUT2D eigenvalue weighted by atomic mass is 10.0. The standard InChI is InChI=1S/C21H22N2O2/c1-13(2)17-7-5-6-8-20(17)23-21(24)18-12-15-11-16(25-4)9-10-19(15)22-14(18)3/h5-13H,1-4H3,(H,23,24). The number of methoxy groups -OCH3 is 1. The van der Waals surface area contributed by atoms with Crippen LogP contribution in [-0.4, -0.2) is 18.0 Å². The van der Waals surface area contributed by atoms with Gasteiger partial charge in [-0.3, -0.25) is 9.78 Å². The van der Waals surface area contributed by atoms with Crippen LogP contribution in [0.4, 0.5) is 5.69 Å². The molecule has 25 heavy (non-hydrogen) atoms. The van der Waals surface area contributed by atoms with Crippen LogP contribution in [0.15, 0.2) is 48.5 Å². The number of hydrogen-bond acceptors (Lipinski definition) is 3. The van der Waals surface area contributed by atoms with Gasteiger partial charge in [0.05, 0.1) is 23.9 Å². The average molecular weight is 334 g/mol. The molecule has 3 rings (SSSR count). The Hall–Kier alpha value is -2.88. The molecule has 0 aliphatic carbocycles. The molecule has 0 radical (unpaired) electrons. The van der Waals surface area contributed by atoms with E-state index in [4.69, 9.17) is 4.74 Å². The highest BCUT2D eigenvalue weighted by atomic mass is 16.5. The molecule has 0 bridgehead atoms. The summed E-state index contributed by atoms with van der Waals surface area (Å²) in [6.07, 6.45) is 0. The van der Waals surface area contributed by atoms with Crippen molar-refractivity contribution in [2.24, 2.45) is 0 Å². The molecule has 1 amide bonds. The van der Waals surface area contributed by atoms with Crippen LogP contribution in [0.25, 0.3) is 10.9 Å². The number of rotatable bonds is 4. The highest BCUT2D eigenvalue weighted by molar-refractivity contribution is 6.07. The third-order valence-electron chi connectivity index (χ3n) is 4.29. The van der Waals surface area contributed by atoms with Gasteiger partial charge in [-0.25, -0.2) is 0 Å². The van der Waals surface area contributed by atoms with Crippen LogP contribution in [0.3, 0.4) is 0 Å². The summed E-state index contributed by atoms with van der Waals surface area (Å²) in [4.78, 5) is 17.4. The first-order valence-corrected chi connectivity index (χ1v) is 8.35. The molecule has 2 aromatic carbocycles. The van der Waals surface area contributed by atoms with Crippen LogP contribution in [0, 0.1) is 6.92 Å². The number of amides is 1. The second kappa shape index (κ2) is 6.93. The van der Waals surface area contributed by atoms with E-state index in [0.29, 0.717) is 17.2 Å². The number of anilines is 1. The molecule has 0 spiro atoms. The number of carbonyl (C=O) groups is 1. The van der Waals surface area contributed by atoms with Crippen molar-refractivity contribution in [3.63, 3.8) is 0 Å². The van der Waals surface area contributed by atoms with Crippen molar-refractivity contribution in [1.29, 1.82) is 0 Å². The van der Waals surface area contributed by atoms with Gasteiger partial charge in [-0.15, -0.1) is 0 Å². The Labute approximate surface area is 147 Å². The monoisotopic (exact) mass is 334 g/mol. The Bertz CT molecular complexity index is 932. The maximum atomic E-state index is 12.8. The van der Waals surface area contributed by atoms with E-state index in [9.17, 15) is 4.79 Å². The smallest absolute Gasteiger partial charge is 0.257 e. The fraction of sp³-hybridized carbons (Fsp3) is 0.238. The Balaban J connectivity index is 1.98. The summed E-state index contributed by atoms with van der Waals surface area (Å²) in [5.41, 5.74) is 4.07. The minimum absolute atomic E-state index is 0.150. The minimum atomic E-state index is -0.150.